The molecule has 3 aromatic carbocycles. The maximum absolute atomic E-state index is 6.12. The van der Waals surface area contributed by atoms with Crippen LogP contribution in [0.5, 0.6) is 0 Å². The Bertz CT molecular complexity index is 1150. The van der Waals surface area contributed by atoms with E-state index in [-0.39, 0.29) is 0 Å². The second-order valence-electron chi connectivity index (χ2n) is 5.27. The summed E-state index contributed by atoms with van der Waals surface area (Å²) in [6.07, 6.45) is 0. The molecule has 96 valence electrons. The molecule has 0 atom stereocenters. The fourth-order valence-electron chi connectivity index (χ4n) is 3.07. The zero-order valence-corrected chi connectivity index (χ0v) is 11.1. The molecule has 5 rings (SSSR count). The first-order chi connectivity index (χ1) is 10.3. The van der Waals surface area contributed by atoms with E-state index in [0.29, 0.717) is 0 Å². The summed E-state index contributed by atoms with van der Waals surface area (Å²) in [4.78, 5) is 0. The molecule has 2 heterocycles. The van der Waals surface area contributed by atoms with Crippen LogP contribution in [-0.4, -0.2) is 7.85 Å². The van der Waals surface area contributed by atoms with Crippen LogP contribution in [0.4, 0.5) is 0 Å². The van der Waals surface area contributed by atoms with Crippen LogP contribution >= 0.6 is 0 Å². The number of hydrogen-bond acceptors (Lipinski definition) is 2. The average Bonchev–Trinajstić information content (AvgIpc) is 3.02. The van der Waals surface area contributed by atoms with Crippen LogP contribution in [0.25, 0.3) is 43.9 Å². The molecule has 0 aliphatic carbocycles. The van der Waals surface area contributed by atoms with Crippen molar-refractivity contribution in [3.05, 3.63) is 54.6 Å². The van der Waals surface area contributed by atoms with Gasteiger partial charge in [-0.1, -0.05) is 35.8 Å². The van der Waals surface area contributed by atoms with Gasteiger partial charge in [0.1, 0.15) is 30.2 Å². The highest BCUT2D eigenvalue weighted by molar-refractivity contribution is 6.41. The summed E-state index contributed by atoms with van der Waals surface area (Å²) in [6, 6.07) is 17.8. The van der Waals surface area contributed by atoms with E-state index in [9.17, 15) is 0 Å². The summed E-state index contributed by atoms with van der Waals surface area (Å²) in [7, 11) is 6.12. The summed E-state index contributed by atoms with van der Waals surface area (Å²) in [6.45, 7) is 0. The van der Waals surface area contributed by atoms with Crippen molar-refractivity contribution in [3.8, 4) is 0 Å². The van der Waals surface area contributed by atoms with Crippen molar-refractivity contribution in [2.45, 2.75) is 0 Å². The molecule has 2 aromatic heterocycles. The van der Waals surface area contributed by atoms with E-state index in [1.807, 2.05) is 42.5 Å². The zero-order valence-electron chi connectivity index (χ0n) is 11.1. The molecule has 0 saturated heterocycles. The third kappa shape index (κ3) is 1.38. The van der Waals surface area contributed by atoms with Crippen molar-refractivity contribution in [1.29, 1.82) is 0 Å². The van der Waals surface area contributed by atoms with Crippen molar-refractivity contribution < 1.29 is 8.83 Å². The van der Waals surface area contributed by atoms with Crippen LogP contribution in [0, 0.1) is 0 Å². The van der Waals surface area contributed by atoms with E-state index >= 15 is 0 Å². The summed E-state index contributed by atoms with van der Waals surface area (Å²) in [5.41, 5.74) is 4.06. The average molecular weight is 268 g/mol. The number of fused-ring (bicyclic) bond motifs is 6. The predicted molar refractivity (Wildman–Crippen MR) is 86.4 cm³/mol. The highest BCUT2D eigenvalue weighted by Gasteiger charge is 2.13. The fraction of sp³-hybridized carbons (Fsp3) is 0. The van der Waals surface area contributed by atoms with Crippen molar-refractivity contribution in [2.75, 3.05) is 0 Å². The Morgan fingerprint density at radius 3 is 2.33 bits per heavy atom. The molecule has 0 fully saturated rings. The highest BCUT2D eigenvalue weighted by atomic mass is 16.3. The van der Waals surface area contributed by atoms with Gasteiger partial charge in [-0.15, -0.1) is 0 Å². The molecule has 21 heavy (non-hydrogen) atoms. The Labute approximate surface area is 121 Å². The number of rotatable bonds is 0. The lowest BCUT2D eigenvalue weighted by molar-refractivity contribution is 0.656. The molecule has 0 aliphatic heterocycles. The van der Waals surface area contributed by atoms with E-state index in [0.717, 1.165) is 49.3 Å². The molecule has 0 N–H and O–H groups in total. The lowest BCUT2D eigenvalue weighted by atomic mass is 9.91. The molecular weight excluding hydrogens is 259 g/mol. The lowest BCUT2D eigenvalue weighted by Crippen LogP contribution is -2.00. The SMILES string of the molecule is [B]c1cccc2oc3cc4oc5ccccc5c4cc3c12. The van der Waals surface area contributed by atoms with E-state index in [4.69, 9.17) is 16.7 Å². The van der Waals surface area contributed by atoms with Gasteiger partial charge in [0.25, 0.3) is 0 Å². The van der Waals surface area contributed by atoms with Gasteiger partial charge < -0.3 is 8.83 Å². The maximum atomic E-state index is 6.12. The number of hydrogen-bond donors (Lipinski definition) is 0. The van der Waals surface area contributed by atoms with Gasteiger partial charge in [-0.25, -0.2) is 0 Å². The van der Waals surface area contributed by atoms with Crippen LogP contribution in [0.1, 0.15) is 0 Å². The maximum Gasteiger partial charge on any atom is 0.139 e. The molecule has 0 aliphatic rings. The summed E-state index contributed by atoms with van der Waals surface area (Å²) in [5.74, 6) is 0. The first-order valence-electron chi connectivity index (χ1n) is 6.83. The van der Waals surface area contributed by atoms with E-state index < -0.39 is 0 Å². The highest BCUT2D eigenvalue weighted by Crippen LogP contribution is 2.35. The predicted octanol–water partition coefficient (Wildman–Crippen LogP) is 4.28. The van der Waals surface area contributed by atoms with Gasteiger partial charge in [-0.3, -0.25) is 0 Å². The summed E-state index contributed by atoms with van der Waals surface area (Å²) >= 11 is 0. The molecule has 0 amide bonds. The first-order valence-corrected chi connectivity index (χ1v) is 6.83. The molecule has 5 aromatic rings. The van der Waals surface area contributed by atoms with Crippen LogP contribution in [0.15, 0.2) is 63.4 Å². The van der Waals surface area contributed by atoms with Gasteiger partial charge in [0.2, 0.25) is 0 Å². The Morgan fingerprint density at radius 1 is 0.619 bits per heavy atom. The van der Waals surface area contributed by atoms with Crippen molar-refractivity contribution in [2.24, 2.45) is 0 Å². The van der Waals surface area contributed by atoms with Gasteiger partial charge in [0.15, 0.2) is 0 Å². The molecule has 0 spiro atoms. The Kier molecular flexibility index (Phi) is 1.94. The van der Waals surface area contributed by atoms with Gasteiger partial charge in [0, 0.05) is 27.6 Å². The summed E-state index contributed by atoms with van der Waals surface area (Å²) in [5, 5.41) is 4.20. The monoisotopic (exact) mass is 268 g/mol. The first kappa shape index (κ1) is 11.0. The van der Waals surface area contributed by atoms with Gasteiger partial charge in [-0.05, 0) is 18.2 Å². The molecule has 2 nitrogen and oxygen atoms in total. The molecule has 0 saturated carbocycles. The normalized spacial score (nSPS) is 12.0. The Morgan fingerprint density at radius 2 is 1.38 bits per heavy atom. The van der Waals surface area contributed by atoms with Crippen LogP contribution in [-0.2, 0) is 0 Å². The van der Waals surface area contributed by atoms with E-state index in [1.54, 1.807) is 0 Å². The minimum Gasteiger partial charge on any atom is -0.456 e. The molecule has 0 bridgehead atoms. The van der Waals surface area contributed by atoms with Gasteiger partial charge in [-0.2, -0.15) is 0 Å². The Balaban J connectivity index is 2.06. The zero-order chi connectivity index (χ0) is 14.0. The quantitative estimate of drug-likeness (QED) is 0.392. The third-order valence-corrected chi connectivity index (χ3v) is 4.03. The van der Waals surface area contributed by atoms with Crippen molar-refractivity contribution in [1.82, 2.24) is 0 Å². The van der Waals surface area contributed by atoms with Gasteiger partial charge in [0.05, 0.1) is 0 Å². The van der Waals surface area contributed by atoms with Crippen LogP contribution in [0.3, 0.4) is 0 Å². The second kappa shape index (κ2) is 3.70. The van der Waals surface area contributed by atoms with E-state index in [2.05, 4.69) is 12.1 Å². The van der Waals surface area contributed by atoms with Crippen molar-refractivity contribution in [3.63, 3.8) is 0 Å². The second-order valence-corrected chi connectivity index (χ2v) is 5.27. The number of para-hydroxylation sites is 1. The topological polar surface area (TPSA) is 26.3 Å². The summed E-state index contributed by atoms with van der Waals surface area (Å²) < 4.78 is 11.8. The number of furan rings is 2. The van der Waals surface area contributed by atoms with Crippen molar-refractivity contribution >= 4 is 57.2 Å². The van der Waals surface area contributed by atoms with E-state index in [1.165, 1.54) is 0 Å². The molecule has 0 unspecified atom stereocenters. The molecule has 3 heteroatoms. The fourth-order valence-corrected chi connectivity index (χ4v) is 3.07. The minimum atomic E-state index is 0.735. The standard InChI is InChI=1S/C18H9BO2/c19-13-5-3-7-15-18(13)12-8-11-10-4-1-2-6-14(10)20-16(11)9-17(12)21-15/h1-9H. The minimum absolute atomic E-state index is 0.735. The number of benzene rings is 3. The Hall–Kier alpha value is -2.68. The largest absolute Gasteiger partial charge is 0.456 e. The van der Waals surface area contributed by atoms with Gasteiger partial charge >= 0.3 is 0 Å². The smallest absolute Gasteiger partial charge is 0.139 e. The van der Waals surface area contributed by atoms with Crippen LogP contribution in [0.2, 0.25) is 0 Å². The third-order valence-electron chi connectivity index (χ3n) is 4.03. The van der Waals surface area contributed by atoms with Crippen LogP contribution < -0.4 is 5.46 Å². The lowest BCUT2D eigenvalue weighted by Gasteiger charge is -1.95. The molecule has 2 radical (unpaired) electrons. The molecular formula is C18H9BO2.